The van der Waals surface area contributed by atoms with Crippen molar-refractivity contribution in [2.75, 3.05) is 26.2 Å². The Labute approximate surface area is 191 Å². The molecule has 1 atom stereocenters. The van der Waals surface area contributed by atoms with Crippen molar-refractivity contribution >= 4 is 5.65 Å². The van der Waals surface area contributed by atoms with Crippen molar-refractivity contribution in [1.82, 2.24) is 14.3 Å². The summed E-state index contributed by atoms with van der Waals surface area (Å²) in [6.45, 7) is 10.0. The van der Waals surface area contributed by atoms with Crippen molar-refractivity contribution in [3.8, 4) is 0 Å². The van der Waals surface area contributed by atoms with E-state index in [0.29, 0.717) is 11.6 Å². The summed E-state index contributed by atoms with van der Waals surface area (Å²) in [4.78, 5) is 20.1. The quantitative estimate of drug-likeness (QED) is 0.515. The van der Waals surface area contributed by atoms with Crippen LogP contribution in [0.3, 0.4) is 0 Å². The number of hydrogen-bond acceptors (Lipinski definition) is 4. The van der Waals surface area contributed by atoms with Crippen molar-refractivity contribution in [2.45, 2.75) is 52.6 Å². The molecule has 170 valence electrons. The van der Waals surface area contributed by atoms with Crippen LogP contribution in [-0.4, -0.2) is 40.5 Å². The Morgan fingerprint density at radius 3 is 2.56 bits per heavy atom. The topological polar surface area (TPSA) is 46.8 Å². The smallest absolute Gasteiger partial charge is 0.261 e. The van der Waals surface area contributed by atoms with Gasteiger partial charge in [-0.25, -0.2) is 4.98 Å². The Bertz CT molecular complexity index is 1080. The number of aromatic nitrogens is 2. The molecule has 1 unspecified atom stereocenters. The molecule has 0 saturated carbocycles. The highest BCUT2D eigenvalue weighted by atomic mass is 16.5. The second kappa shape index (κ2) is 10.4. The standard InChI is InChI=1S/C27H35N3O2/c1-4-19-32-26(22-10-8-20(2)9-11-22)23-12-16-29(17-13-23)18-14-24-21(3)28-25-7-5-6-15-30(25)27(24)31/h5-11,15,23,26H,4,12-14,16-19H2,1-3H3. The summed E-state index contributed by atoms with van der Waals surface area (Å²) in [5.41, 5.74) is 5.05. The second-order valence-corrected chi connectivity index (χ2v) is 9.04. The maximum Gasteiger partial charge on any atom is 0.261 e. The molecule has 0 bridgehead atoms. The van der Waals surface area contributed by atoms with E-state index in [4.69, 9.17) is 4.74 Å². The zero-order chi connectivity index (χ0) is 22.5. The molecule has 5 heteroatoms. The molecule has 1 fully saturated rings. The molecule has 1 aliphatic heterocycles. The number of nitrogens with zero attached hydrogens (tertiary/aromatic N) is 3. The van der Waals surface area contributed by atoms with Gasteiger partial charge in [0.05, 0.1) is 6.10 Å². The van der Waals surface area contributed by atoms with Crippen LogP contribution in [-0.2, 0) is 11.2 Å². The summed E-state index contributed by atoms with van der Waals surface area (Å²) in [5.74, 6) is 0.537. The van der Waals surface area contributed by atoms with Gasteiger partial charge in [-0.1, -0.05) is 42.8 Å². The first-order chi connectivity index (χ1) is 15.6. The van der Waals surface area contributed by atoms with Crippen LogP contribution in [0.15, 0.2) is 53.5 Å². The highest BCUT2D eigenvalue weighted by Crippen LogP contribution is 2.34. The minimum atomic E-state index is 0.0652. The SMILES string of the molecule is CCCOC(c1ccc(C)cc1)C1CCN(CCc2c(C)nc3ccccn3c2=O)CC1. The molecule has 1 saturated heterocycles. The van der Waals surface area contributed by atoms with Crippen LogP contribution in [0.25, 0.3) is 5.65 Å². The number of rotatable bonds is 8. The van der Waals surface area contributed by atoms with Gasteiger partial charge in [-0.2, -0.15) is 0 Å². The van der Waals surface area contributed by atoms with E-state index in [9.17, 15) is 4.79 Å². The molecular formula is C27H35N3O2. The van der Waals surface area contributed by atoms with E-state index in [1.165, 1.54) is 11.1 Å². The fraction of sp³-hybridized carbons (Fsp3) is 0.481. The Morgan fingerprint density at radius 1 is 1.09 bits per heavy atom. The van der Waals surface area contributed by atoms with E-state index < -0.39 is 0 Å². The van der Waals surface area contributed by atoms with Crippen LogP contribution >= 0.6 is 0 Å². The Hall–Kier alpha value is -2.50. The van der Waals surface area contributed by atoms with Gasteiger partial charge in [0.2, 0.25) is 0 Å². The number of hydrogen-bond donors (Lipinski definition) is 0. The fourth-order valence-corrected chi connectivity index (χ4v) is 4.78. The molecule has 32 heavy (non-hydrogen) atoms. The molecule has 2 aromatic heterocycles. The van der Waals surface area contributed by atoms with Gasteiger partial charge in [-0.05, 0) is 76.2 Å². The Kier molecular flexibility index (Phi) is 7.38. The molecule has 3 aromatic rings. The van der Waals surface area contributed by atoms with Crippen LogP contribution in [0.2, 0.25) is 0 Å². The monoisotopic (exact) mass is 433 g/mol. The van der Waals surface area contributed by atoms with Crippen molar-refractivity contribution in [1.29, 1.82) is 0 Å². The summed E-state index contributed by atoms with van der Waals surface area (Å²) in [5, 5.41) is 0. The first kappa shape index (κ1) is 22.7. The van der Waals surface area contributed by atoms with Crippen molar-refractivity contribution < 1.29 is 4.74 Å². The summed E-state index contributed by atoms with van der Waals surface area (Å²) < 4.78 is 7.98. The van der Waals surface area contributed by atoms with Gasteiger partial charge in [-0.3, -0.25) is 9.20 Å². The number of aryl methyl sites for hydroxylation is 2. The van der Waals surface area contributed by atoms with Gasteiger partial charge in [0.25, 0.3) is 5.56 Å². The van der Waals surface area contributed by atoms with Gasteiger partial charge in [0.15, 0.2) is 0 Å². The first-order valence-corrected chi connectivity index (χ1v) is 11.9. The highest BCUT2D eigenvalue weighted by molar-refractivity contribution is 5.40. The molecule has 0 aliphatic carbocycles. The van der Waals surface area contributed by atoms with Gasteiger partial charge in [0.1, 0.15) is 5.65 Å². The van der Waals surface area contributed by atoms with Crippen LogP contribution in [0.4, 0.5) is 0 Å². The van der Waals surface area contributed by atoms with E-state index in [0.717, 1.165) is 63.2 Å². The summed E-state index contributed by atoms with van der Waals surface area (Å²) in [7, 11) is 0. The van der Waals surface area contributed by atoms with Crippen LogP contribution in [0.5, 0.6) is 0 Å². The molecule has 4 rings (SSSR count). The number of ether oxygens (including phenoxy) is 1. The molecular weight excluding hydrogens is 398 g/mol. The number of likely N-dealkylation sites (tertiary alicyclic amines) is 1. The van der Waals surface area contributed by atoms with Crippen molar-refractivity contribution in [3.05, 3.63) is 81.4 Å². The molecule has 0 radical (unpaired) electrons. The van der Waals surface area contributed by atoms with Crippen LogP contribution in [0, 0.1) is 19.8 Å². The third-order valence-electron chi connectivity index (χ3n) is 6.68. The lowest BCUT2D eigenvalue weighted by molar-refractivity contribution is -0.0111. The third-order valence-corrected chi connectivity index (χ3v) is 6.68. The summed E-state index contributed by atoms with van der Waals surface area (Å²) >= 11 is 0. The van der Waals surface area contributed by atoms with Gasteiger partial charge in [0, 0.05) is 30.6 Å². The zero-order valence-electron chi connectivity index (χ0n) is 19.6. The normalized spacial score (nSPS) is 16.5. The predicted molar refractivity (Wildman–Crippen MR) is 129 cm³/mol. The second-order valence-electron chi connectivity index (χ2n) is 9.04. The summed E-state index contributed by atoms with van der Waals surface area (Å²) in [6, 6.07) is 14.5. The minimum absolute atomic E-state index is 0.0652. The van der Waals surface area contributed by atoms with Crippen LogP contribution < -0.4 is 5.56 Å². The fourth-order valence-electron chi connectivity index (χ4n) is 4.78. The predicted octanol–water partition coefficient (Wildman–Crippen LogP) is 4.73. The average molecular weight is 434 g/mol. The van der Waals surface area contributed by atoms with E-state index >= 15 is 0 Å². The lowest BCUT2D eigenvalue weighted by Gasteiger charge is -2.36. The van der Waals surface area contributed by atoms with Crippen molar-refractivity contribution in [2.24, 2.45) is 5.92 Å². The van der Waals surface area contributed by atoms with Gasteiger partial charge in [-0.15, -0.1) is 0 Å². The first-order valence-electron chi connectivity index (χ1n) is 11.9. The van der Waals surface area contributed by atoms with E-state index in [1.54, 1.807) is 10.6 Å². The molecule has 1 aliphatic rings. The Balaban J connectivity index is 1.38. The van der Waals surface area contributed by atoms with E-state index in [2.05, 4.69) is 48.0 Å². The Morgan fingerprint density at radius 2 is 1.84 bits per heavy atom. The average Bonchev–Trinajstić information content (AvgIpc) is 2.81. The zero-order valence-corrected chi connectivity index (χ0v) is 19.6. The molecule has 0 N–H and O–H groups in total. The van der Waals surface area contributed by atoms with E-state index in [-0.39, 0.29) is 11.7 Å². The number of piperidine rings is 1. The number of fused-ring (bicyclic) bond motifs is 1. The molecule has 0 spiro atoms. The third kappa shape index (κ3) is 5.11. The highest BCUT2D eigenvalue weighted by Gasteiger charge is 2.28. The van der Waals surface area contributed by atoms with E-state index in [1.807, 2.05) is 25.1 Å². The molecule has 5 nitrogen and oxygen atoms in total. The number of benzene rings is 1. The lowest BCUT2D eigenvalue weighted by Crippen LogP contribution is -2.38. The minimum Gasteiger partial charge on any atom is -0.373 e. The van der Waals surface area contributed by atoms with Crippen LogP contribution in [0.1, 0.15) is 54.7 Å². The lowest BCUT2D eigenvalue weighted by atomic mass is 9.87. The van der Waals surface area contributed by atoms with Crippen molar-refractivity contribution in [3.63, 3.8) is 0 Å². The van der Waals surface area contributed by atoms with Gasteiger partial charge >= 0.3 is 0 Å². The summed E-state index contributed by atoms with van der Waals surface area (Å²) in [6.07, 6.45) is 6.01. The molecule has 3 heterocycles. The molecule has 1 aromatic carbocycles. The maximum atomic E-state index is 12.9. The maximum absolute atomic E-state index is 12.9. The van der Waals surface area contributed by atoms with Gasteiger partial charge < -0.3 is 9.64 Å². The largest absolute Gasteiger partial charge is 0.373 e. The molecule has 0 amide bonds. The number of pyridine rings is 1.